The molecule has 0 spiro atoms. The van der Waals surface area contributed by atoms with Crippen LogP contribution in [0.2, 0.25) is 0 Å². The van der Waals surface area contributed by atoms with Crippen molar-refractivity contribution < 1.29 is 9.53 Å². The van der Waals surface area contributed by atoms with Crippen LogP contribution in [0.3, 0.4) is 0 Å². The minimum Gasteiger partial charge on any atom is -0.381 e. The molecule has 1 aromatic rings. The molecule has 1 amide bonds. The van der Waals surface area contributed by atoms with E-state index in [-0.39, 0.29) is 5.91 Å². The Labute approximate surface area is 127 Å². The second-order valence-corrected chi connectivity index (χ2v) is 5.81. The highest BCUT2D eigenvalue weighted by atomic mass is 16.5. The first-order valence-corrected chi connectivity index (χ1v) is 7.83. The van der Waals surface area contributed by atoms with Gasteiger partial charge in [-0.05, 0) is 24.8 Å². The maximum absolute atomic E-state index is 13.0. The number of nitrogens with zero attached hydrogens (tertiary/aromatic N) is 1. The predicted octanol–water partition coefficient (Wildman–Crippen LogP) is 2.18. The van der Waals surface area contributed by atoms with Gasteiger partial charge in [0.15, 0.2) is 0 Å². The third-order valence-electron chi connectivity index (χ3n) is 4.29. The van der Waals surface area contributed by atoms with Crippen LogP contribution in [0.25, 0.3) is 0 Å². The zero-order valence-corrected chi connectivity index (χ0v) is 12.9. The minimum atomic E-state index is -0.428. The maximum atomic E-state index is 13.0. The Hall–Kier alpha value is -1.39. The monoisotopic (exact) mass is 290 g/mol. The second-order valence-electron chi connectivity index (χ2n) is 5.81. The van der Waals surface area contributed by atoms with Crippen molar-refractivity contribution in [3.63, 3.8) is 0 Å². The van der Waals surface area contributed by atoms with Gasteiger partial charge in [-0.3, -0.25) is 4.79 Å². The molecule has 1 fully saturated rings. The lowest BCUT2D eigenvalue weighted by molar-refractivity contribution is -0.148. The second kappa shape index (κ2) is 7.57. The number of carbonyl (C=O) groups excluding carboxylic acids is 1. The van der Waals surface area contributed by atoms with Gasteiger partial charge in [0.05, 0.1) is 5.41 Å². The molecule has 2 rings (SSSR count). The summed E-state index contributed by atoms with van der Waals surface area (Å²) in [6.07, 6.45) is 2.42. The van der Waals surface area contributed by atoms with Gasteiger partial charge in [-0.2, -0.15) is 0 Å². The third-order valence-corrected chi connectivity index (χ3v) is 4.29. The molecule has 0 aliphatic carbocycles. The average molecular weight is 290 g/mol. The molecule has 1 aromatic carbocycles. The van der Waals surface area contributed by atoms with Crippen LogP contribution in [0.4, 0.5) is 0 Å². The van der Waals surface area contributed by atoms with Gasteiger partial charge in [0.1, 0.15) is 0 Å². The molecule has 0 unspecified atom stereocenters. The quantitative estimate of drug-likeness (QED) is 0.873. The highest BCUT2D eigenvalue weighted by Crippen LogP contribution is 2.32. The van der Waals surface area contributed by atoms with E-state index in [0.29, 0.717) is 26.3 Å². The molecule has 2 N–H and O–H groups in total. The fraction of sp³-hybridized carbons (Fsp3) is 0.588. The van der Waals surface area contributed by atoms with E-state index in [1.54, 1.807) is 0 Å². The van der Waals surface area contributed by atoms with E-state index < -0.39 is 5.41 Å². The topological polar surface area (TPSA) is 55.6 Å². The first-order valence-electron chi connectivity index (χ1n) is 7.83. The summed E-state index contributed by atoms with van der Waals surface area (Å²) in [5, 5.41) is 0. The number of amides is 1. The summed E-state index contributed by atoms with van der Waals surface area (Å²) in [7, 11) is 0. The zero-order chi connectivity index (χ0) is 15.1. The lowest BCUT2D eigenvalue weighted by Gasteiger charge is -2.39. The zero-order valence-electron chi connectivity index (χ0n) is 12.9. The molecule has 0 saturated carbocycles. The molecule has 1 saturated heterocycles. The smallest absolute Gasteiger partial charge is 0.230 e. The molecule has 4 heteroatoms. The lowest BCUT2D eigenvalue weighted by Crippen LogP contribution is -2.50. The van der Waals surface area contributed by atoms with Crippen molar-refractivity contribution in [2.24, 2.45) is 11.1 Å². The van der Waals surface area contributed by atoms with E-state index in [0.717, 1.165) is 25.8 Å². The van der Waals surface area contributed by atoms with Crippen molar-refractivity contribution in [1.29, 1.82) is 0 Å². The molecule has 0 atom stereocenters. The first kappa shape index (κ1) is 16.0. The fourth-order valence-corrected chi connectivity index (χ4v) is 2.93. The van der Waals surface area contributed by atoms with Gasteiger partial charge in [-0.25, -0.2) is 0 Å². The average Bonchev–Trinajstić information content (AvgIpc) is 2.55. The van der Waals surface area contributed by atoms with Crippen molar-refractivity contribution in [3.05, 3.63) is 35.9 Å². The van der Waals surface area contributed by atoms with E-state index in [9.17, 15) is 4.79 Å². The number of benzene rings is 1. The molecule has 0 bridgehead atoms. The Morgan fingerprint density at radius 1 is 1.29 bits per heavy atom. The van der Waals surface area contributed by atoms with E-state index in [4.69, 9.17) is 10.5 Å². The van der Waals surface area contributed by atoms with Crippen molar-refractivity contribution >= 4 is 5.91 Å². The summed E-state index contributed by atoms with van der Waals surface area (Å²) >= 11 is 0. The van der Waals surface area contributed by atoms with Crippen molar-refractivity contribution in [3.8, 4) is 0 Å². The maximum Gasteiger partial charge on any atom is 0.230 e. The van der Waals surface area contributed by atoms with E-state index in [1.807, 2.05) is 23.1 Å². The normalized spacial score (nSPS) is 17.4. The van der Waals surface area contributed by atoms with Crippen LogP contribution in [0, 0.1) is 5.41 Å². The van der Waals surface area contributed by atoms with Gasteiger partial charge >= 0.3 is 0 Å². The standard InChI is InChI=1S/C17H26N2O2/c1-2-10-19(13-15-6-4-3-5-7-15)16(20)17(14-18)8-11-21-12-9-17/h3-7H,2,8-14,18H2,1H3. The molecular formula is C17H26N2O2. The van der Waals surface area contributed by atoms with Gasteiger partial charge in [0.2, 0.25) is 5.91 Å². The van der Waals surface area contributed by atoms with E-state index in [1.165, 1.54) is 5.56 Å². The molecule has 0 radical (unpaired) electrons. The minimum absolute atomic E-state index is 0.194. The molecular weight excluding hydrogens is 264 g/mol. The molecule has 21 heavy (non-hydrogen) atoms. The molecule has 0 aromatic heterocycles. The molecule has 1 aliphatic heterocycles. The van der Waals surface area contributed by atoms with Gasteiger partial charge in [0.25, 0.3) is 0 Å². The summed E-state index contributed by atoms with van der Waals surface area (Å²) in [5.74, 6) is 0.194. The molecule has 1 heterocycles. The Kier molecular flexibility index (Phi) is 5.76. The Balaban J connectivity index is 2.14. The summed E-state index contributed by atoms with van der Waals surface area (Å²) in [4.78, 5) is 15.0. The number of hydrogen-bond donors (Lipinski definition) is 1. The first-order chi connectivity index (χ1) is 10.2. The van der Waals surface area contributed by atoms with Gasteiger partial charge in [0, 0.05) is 32.8 Å². The van der Waals surface area contributed by atoms with Crippen LogP contribution in [-0.4, -0.2) is 37.1 Å². The van der Waals surface area contributed by atoms with Crippen LogP contribution in [0.15, 0.2) is 30.3 Å². The number of nitrogens with two attached hydrogens (primary N) is 1. The Bertz CT molecular complexity index is 441. The molecule has 116 valence electrons. The van der Waals surface area contributed by atoms with Crippen molar-refractivity contribution in [1.82, 2.24) is 4.90 Å². The Morgan fingerprint density at radius 3 is 2.52 bits per heavy atom. The van der Waals surface area contributed by atoms with Crippen LogP contribution < -0.4 is 5.73 Å². The van der Waals surface area contributed by atoms with Crippen LogP contribution in [-0.2, 0) is 16.1 Å². The van der Waals surface area contributed by atoms with Crippen LogP contribution >= 0.6 is 0 Å². The highest BCUT2D eigenvalue weighted by molar-refractivity contribution is 5.83. The van der Waals surface area contributed by atoms with Gasteiger partial charge < -0.3 is 15.4 Å². The van der Waals surface area contributed by atoms with Crippen molar-refractivity contribution in [2.75, 3.05) is 26.3 Å². The lowest BCUT2D eigenvalue weighted by atomic mass is 9.78. The number of rotatable bonds is 6. The summed E-state index contributed by atoms with van der Waals surface area (Å²) in [5.41, 5.74) is 6.70. The number of ether oxygens (including phenoxy) is 1. The predicted molar refractivity (Wildman–Crippen MR) is 83.7 cm³/mol. The summed E-state index contributed by atoms with van der Waals surface area (Å²) < 4.78 is 5.41. The van der Waals surface area contributed by atoms with Crippen molar-refractivity contribution in [2.45, 2.75) is 32.7 Å². The number of carbonyl (C=O) groups is 1. The van der Waals surface area contributed by atoms with Crippen LogP contribution in [0.5, 0.6) is 0 Å². The fourth-order valence-electron chi connectivity index (χ4n) is 2.93. The largest absolute Gasteiger partial charge is 0.381 e. The highest BCUT2D eigenvalue weighted by Gasteiger charge is 2.41. The van der Waals surface area contributed by atoms with E-state index in [2.05, 4.69) is 19.1 Å². The third kappa shape index (κ3) is 3.83. The number of hydrogen-bond acceptors (Lipinski definition) is 3. The van der Waals surface area contributed by atoms with Gasteiger partial charge in [-0.1, -0.05) is 37.3 Å². The SMILES string of the molecule is CCCN(Cc1ccccc1)C(=O)C1(CN)CCOCC1. The summed E-state index contributed by atoms with van der Waals surface area (Å²) in [6.45, 7) is 5.21. The molecule has 4 nitrogen and oxygen atoms in total. The molecule has 1 aliphatic rings. The Morgan fingerprint density at radius 2 is 1.95 bits per heavy atom. The van der Waals surface area contributed by atoms with Gasteiger partial charge in [-0.15, -0.1) is 0 Å². The van der Waals surface area contributed by atoms with E-state index >= 15 is 0 Å². The van der Waals surface area contributed by atoms with Crippen LogP contribution in [0.1, 0.15) is 31.7 Å². The summed E-state index contributed by atoms with van der Waals surface area (Å²) in [6, 6.07) is 10.1.